The highest BCUT2D eigenvalue weighted by atomic mass is 16.5. The zero-order valence-corrected chi connectivity index (χ0v) is 12.6. The van der Waals surface area contributed by atoms with Crippen molar-refractivity contribution < 1.29 is 19.1 Å². The molecule has 0 aromatic heterocycles. The molecule has 21 heavy (non-hydrogen) atoms. The molecule has 3 N–H and O–H groups in total. The van der Waals surface area contributed by atoms with Crippen LogP contribution in [0.1, 0.15) is 19.4 Å². The van der Waals surface area contributed by atoms with Crippen LogP contribution < -0.4 is 15.8 Å². The molecule has 1 atom stereocenters. The number of hydrogen-bond donors (Lipinski definition) is 2. The average molecular weight is 294 g/mol. The third-order valence-corrected chi connectivity index (χ3v) is 2.95. The molecule has 0 aliphatic carbocycles. The van der Waals surface area contributed by atoms with Crippen LogP contribution in [0, 0.1) is 5.92 Å². The molecule has 1 aromatic rings. The molecule has 0 saturated carbocycles. The van der Waals surface area contributed by atoms with E-state index in [1.807, 2.05) is 26.0 Å². The van der Waals surface area contributed by atoms with Gasteiger partial charge < -0.3 is 20.5 Å². The molecule has 6 heteroatoms. The fourth-order valence-electron chi connectivity index (χ4n) is 1.80. The Labute approximate surface area is 124 Å². The van der Waals surface area contributed by atoms with E-state index in [4.69, 9.17) is 15.2 Å². The molecule has 0 bridgehead atoms. The lowest BCUT2D eigenvalue weighted by Crippen LogP contribution is -2.41. The Balaban J connectivity index is 2.55. The van der Waals surface area contributed by atoms with E-state index in [1.54, 1.807) is 12.1 Å². The van der Waals surface area contributed by atoms with Gasteiger partial charge in [-0.05, 0) is 23.6 Å². The standard InChI is InChI=1S/C15H22N2O4/c1-10(2)14(15(19)20-3)17-8-11-4-6-12(7-5-11)21-9-13(16)18/h4-7,10,14,17H,8-9H2,1-3H3,(H2,16,18)/t14-/m0/s1. The third kappa shape index (κ3) is 5.83. The fourth-order valence-corrected chi connectivity index (χ4v) is 1.80. The average Bonchev–Trinajstić information content (AvgIpc) is 2.45. The second kappa shape index (κ2) is 8.26. The van der Waals surface area contributed by atoms with Crippen LogP contribution in [0.3, 0.4) is 0 Å². The van der Waals surface area contributed by atoms with Crippen molar-refractivity contribution in [2.75, 3.05) is 13.7 Å². The molecule has 6 nitrogen and oxygen atoms in total. The van der Waals surface area contributed by atoms with Gasteiger partial charge in [0.1, 0.15) is 11.8 Å². The molecule has 0 aliphatic rings. The van der Waals surface area contributed by atoms with E-state index < -0.39 is 5.91 Å². The summed E-state index contributed by atoms with van der Waals surface area (Å²) in [6.07, 6.45) is 0. The molecular formula is C15H22N2O4. The number of nitrogens with two attached hydrogens (primary N) is 1. The van der Waals surface area contributed by atoms with Crippen LogP contribution >= 0.6 is 0 Å². The summed E-state index contributed by atoms with van der Waals surface area (Å²) in [4.78, 5) is 22.2. The highest BCUT2D eigenvalue weighted by Crippen LogP contribution is 2.13. The maximum atomic E-state index is 11.6. The molecule has 0 aliphatic heterocycles. The highest BCUT2D eigenvalue weighted by molar-refractivity contribution is 5.76. The second-order valence-corrected chi connectivity index (χ2v) is 5.02. The van der Waals surface area contributed by atoms with Crippen LogP contribution in [0.4, 0.5) is 0 Å². The molecular weight excluding hydrogens is 272 g/mol. The first kappa shape index (κ1) is 17.0. The molecule has 0 unspecified atom stereocenters. The summed E-state index contributed by atoms with van der Waals surface area (Å²) in [7, 11) is 1.38. The first-order chi connectivity index (χ1) is 9.93. The maximum absolute atomic E-state index is 11.6. The van der Waals surface area contributed by atoms with Gasteiger partial charge in [0.2, 0.25) is 0 Å². The van der Waals surface area contributed by atoms with Crippen molar-refractivity contribution in [2.45, 2.75) is 26.4 Å². The van der Waals surface area contributed by atoms with Crippen molar-refractivity contribution in [3.8, 4) is 5.75 Å². The largest absolute Gasteiger partial charge is 0.484 e. The number of methoxy groups -OCH3 is 1. The van der Waals surface area contributed by atoms with Crippen molar-refractivity contribution in [3.05, 3.63) is 29.8 Å². The summed E-state index contributed by atoms with van der Waals surface area (Å²) < 4.78 is 9.94. The van der Waals surface area contributed by atoms with Crippen LogP contribution in [-0.4, -0.2) is 31.6 Å². The lowest BCUT2D eigenvalue weighted by molar-refractivity contribution is -0.144. The van der Waals surface area contributed by atoms with Gasteiger partial charge in [0.15, 0.2) is 6.61 Å². The zero-order chi connectivity index (χ0) is 15.8. The maximum Gasteiger partial charge on any atom is 0.323 e. The Hall–Kier alpha value is -2.08. The summed E-state index contributed by atoms with van der Waals surface area (Å²) >= 11 is 0. The zero-order valence-electron chi connectivity index (χ0n) is 12.6. The van der Waals surface area contributed by atoms with E-state index >= 15 is 0 Å². The lowest BCUT2D eigenvalue weighted by atomic mass is 10.0. The number of carbonyl (C=O) groups excluding carboxylic acids is 2. The Morgan fingerprint density at radius 1 is 1.24 bits per heavy atom. The number of nitrogens with one attached hydrogen (secondary N) is 1. The summed E-state index contributed by atoms with van der Waals surface area (Å²) in [5.41, 5.74) is 6.00. The second-order valence-electron chi connectivity index (χ2n) is 5.02. The number of amides is 1. The highest BCUT2D eigenvalue weighted by Gasteiger charge is 2.21. The quantitative estimate of drug-likeness (QED) is 0.693. The Morgan fingerprint density at radius 2 is 1.86 bits per heavy atom. The predicted molar refractivity (Wildman–Crippen MR) is 78.6 cm³/mol. The van der Waals surface area contributed by atoms with Gasteiger partial charge >= 0.3 is 5.97 Å². The minimum absolute atomic E-state index is 0.135. The van der Waals surface area contributed by atoms with Gasteiger partial charge in [-0.3, -0.25) is 9.59 Å². The van der Waals surface area contributed by atoms with Crippen molar-refractivity contribution in [3.63, 3.8) is 0 Å². The number of ether oxygens (including phenoxy) is 2. The lowest BCUT2D eigenvalue weighted by Gasteiger charge is -2.19. The van der Waals surface area contributed by atoms with Crippen molar-refractivity contribution in [2.24, 2.45) is 11.7 Å². The topological polar surface area (TPSA) is 90.7 Å². The number of benzene rings is 1. The monoisotopic (exact) mass is 294 g/mol. The van der Waals surface area contributed by atoms with Gasteiger partial charge in [-0.1, -0.05) is 26.0 Å². The Morgan fingerprint density at radius 3 is 2.33 bits per heavy atom. The van der Waals surface area contributed by atoms with E-state index in [0.717, 1.165) is 5.56 Å². The number of esters is 1. The van der Waals surface area contributed by atoms with Gasteiger partial charge in [0.05, 0.1) is 7.11 Å². The SMILES string of the molecule is COC(=O)[C@@H](NCc1ccc(OCC(N)=O)cc1)C(C)C. The van der Waals surface area contributed by atoms with Gasteiger partial charge in [-0.2, -0.15) is 0 Å². The van der Waals surface area contributed by atoms with Crippen LogP contribution in [0.5, 0.6) is 5.75 Å². The smallest absolute Gasteiger partial charge is 0.323 e. The van der Waals surface area contributed by atoms with Gasteiger partial charge in [-0.25, -0.2) is 0 Å². The van der Waals surface area contributed by atoms with E-state index in [-0.39, 0.29) is 24.5 Å². The Kier molecular flexibility index (Phi) is 6.68. The molecule has 116 valence electrons. The first-order valence-corrected chi connectivity index (χ1v) is 6.75. The molecule has 1 amide bonds. The molecule has 0 saturated heterocycles. The molecule has 1 aromatic carbocycles. The molecule has 0 fully saturated rings. The summed E-state index contributed by atoms with van der Waals surface area (Å²) in [5, 5.41) is 3.17. The minimum Gasteiger partial charge on any atom is -0.484 e. The first-order valence-electron chi connectivity index (χ1n) is 6.75. The molecule has 0 spiro atoms. The Bertz CT molecular complexity index is 471. The van der Waals surface area contributed by atoms with Gasteiger partial charge in [0, 0.05) is 6.54 Å². The molecule has 0 heterocycles. The van der Waals surface area contributed by atoms with E-state index in [2.05, 4.69) is 5.32 Å². The van der Waals surface area contributed by atoms with Gasteiger partial charge in [0.25, 0.3) is 5.91 Å². The third-order valence-electron chi connectivity index (χ3n) is 2.95. The van der Waals surface area contributed by atoms with Crippen LogP contribution in [0.2, 0.25) is 0 Å². The number of hydrogen-bond acceptors (Lipinski definition) is 5. The van der Waals surface area contributed by atoms with Crippen LogP contribution in [-0.2, 0) is 20.9 Å². The van der Waals surface area contributed by atoms with Crippen molar-refractivity contribution >= 4 is 11.9 Å². The van der Waals surface area contributed by atoms with E-state index in [9.17, 15) is 9.59 Å². The van der Waals surface area contributed by atoms with E-state index in [0.29, 0.717) is 12.3 Å². The summed E-state index contributed by atoms with van der Waals surface area (Å²) in [6, 6.07) is 6.88. The molecule has 0 radical (unpaired) electrons. The number of rotatable bonds is 8. The minimum atomic E-state index is -0.515. The van der Waals surface area contributed by atoms with E-state index in [1.165, 1.54) is 7.11 Å². The summed E-state index contributed by atoms with van der Waals surface area (Å²) in [5.74, 6) is -0.0773. The van der Waals surface area contributed by atoms with Crippen molar-refractivity contribution in [1.29, 1.82) is 0 Å². The summed E-state index contributed by atoms with van der Waals surface area (Å²) in [6.45, 7) is 4.30. The normalized spacial score (nSPS) is 12.0. The number of carbonyl (C=O) groups is 2. The fraction of sp³-hybridized carbons (Fsp3) is 0.467. The molecule has 1 rings (SSSR count). The number of primary amides is 1. The predicted octanol–water partition coefficient (Wildman–Crippen LogP) is 0.838. The van der Waals surface area contributed by atoms with Crippen LogP contribution in [0.25, 0.3) is 0 Å². The van der Waals surface area contributed by atoms with Crippen molar-refractivity contribution in [1.82, 2.24) is 5.32 Å². The van der Waals surface area contributed by atoms with Gasteiger partial charge in [-0.15, -0.1) is 0 Å². The van der Waals surface area contributed by atoms with Crippen LogP contribution in [0.15, 0.2) is 24.3 Å².